The summed E-state index contributed by atoms with van der Waals surface area (Å²) in [5, 5.41) is 14.6. The molecule has 0 heterocycles. The number of nitro groups is 1. The van der Waals surface area contributed by atoms with E-state index in [0.717, 1.165) is 11.0 Å². The van der Waals surface area contributed by atoms with Crippen LogP contribution >= 0.6 is 15.9 Å². The van der Waals surface area contributed by atoms with Gasteiger partial charge < -0.3 is 5.32 Å². The smallest absolute Gasteiger partial charge is 0.277 e. The van der Waals surface area contributed by atoms with E-state index in [9.17, 15) is 10.1 Å². The molecule has 4 nitrogen and oxygen atoms in total. The first-order valence-electron chi connectivity index (χ1n) is 6.85. The maximum absolute atomic E-state index is 11.1. The van der Waals surface area contributed by atoms with Crippen LogP contribution in [0.4, 0.5) is 5.69 Å². The van der Waals surface area contributed by atoms with E-state index in [2.05, 4.69) is 35.1 Å². The lowest BCUT2D eigenvalue weighted by atomic mass is 9.99. The van der Waals surface area contributed by atoms with Gasteiger partial charge in [0, 0.05) is 23.1 Å². The molecule has 20 heavy (non-hydrogen) atoms. The minimum atomic E-state index is -0.330. The summed E-state index contributed by atoms with van der Waals surface area (Å²) < 4.78 is 0.726. The number of hydrogen-bond acceptors (Lipinski definition) is 3. The quantitative estimate of drug-likeness (QED) is 0.626. The fourth-order valence-corrected chi connectivity index (χ4v) is 2.32. The van der Waals surface area contributed by atoms with Crippen molar-refractivity contribution in [3.63, 3.8) is 0 Å². The Morgan fingerprint density at radius 2 is 2.25 bits per heavy atom. The van der Waals surface area contributed by atoms with Crippen LogP contribution in [0.25, 0.3) is 6.08 Å². The number of halogens is 1. The Balaban J connectivity index is 2.26. The molecule has 0 unspecified atom stereocenters. The largest absolute Gasteiger partial charge is 0.310 e. The molecule has 1 N–H and O–H groups in total. The second-order valence-electron chi connectivity index (χ2n) is 5.49. The van der Waals surface area contributed by atoms with Crippen LogP contribution in [0.5, 0.6) is 0 Å². The summed E-state index contributed by atoms with van der Waals surface area (Å²) in [5.74, 6) is 0.365. The summed E-state index contributed by atoms with van der Waals surface area (Å²) in [4.78, 5) is 10.8. The Bertz CT molecular complexity index is 537. The summed E-state index contributed by atoms with van der Waals surface area (Å²) in [6.45, 7) is 5.03. The van der Waals surface area contributed by atoms with E-state index < -0.39 is 0 Å². The SMILES string of the molecule is CC(C)/C(=C/c1ccc(Br)cc1[N+](=O)[O-])CNC1CC1. The number of nitro benzene ring substituents is 1. The van der Waals surface area contributed by atoms with Gasteiger partial charge in [-0.2, -0.15) is 0 Å². The van der Waals surface area contributed by atoms with Gasteiger partial charge in [0.15, 0.2) is 0 Å². The van der Waals surface area contributed by atoms with E-state index in [1.807, 2.05) is 12.1 Å². The molecular formula is C15H19BrN2O2. The molecule has 1 fully saturated rings. The van der Waals surface area contributed by atoms with E-state index in [4.69, 9.17) is 0 Å². The van der Waals surface area contributed by atoms with Crippen molar-refractivity contribution in [2.45, 2.75) is 32.7 Å². The maximum Gasteiger partial charge on any atom is 0.277 e. The minimum Gasteiger partial charge on any atom is -0.310 e. The average molecular weight is 339 g/mol. The zero-order valence-corrected chi connectivity index (χ0v) is 13.3. The lowest BCUT2D eigenvalue weighted by Gasteiger charge is -2.12. The summed E-state index contributed by atoms with van der Waals surface area (Å²) in [6.07, 6.45) is 4.43. The van der Waals surface area contributed by atoms with Gasteiger partial charge in [-0.15, -0.1) is 0 Å². The minimum absolute atomic E-state index is 0.143. The van der Waals surface area contributed by atoms with Crippen molar-refractivity contribution in [1.29, 1.82) is 0 Å². The van der Waals surface area contributed by atoms with Crippen LogP contribution in [-0.4, -0.2) is 17.5 Å². The van der Waals surface area contributed by atoms with Gasteiger partial charge >= 0.3 is 0 Å². The van der Waals surface area contributed by atoms with Crippen molar-refractivity contribution in [3.8, 4) is 0 Å². The highest BCUT2D eigenvalue weighted by Crippen LogP contribution is 2.27. The molecule has 5 heteroatoms. The van der Waals surface area contributed by atoms with Gasteiger partial charge in [0.2, 0.25) is 0 Å². The number of nitrogens with one attached hydrogen (secondary N) is 1. The standard InChI is InChI=1S/C15H19BrN2O2/c1-10(2)12(9-17-14-5-6-14)7-11-3-4-13(16)8-15(11)18(19)20/h3-4,7-8,10,14,17H,5-6,9H2,1-2H3/b12-7+. The van der Waals surface area contributed by atoms with Gasteiger partial charge in [0.05, 0.1) is 10.5 Å². The Labute approximate surface area is 127 Å². The first kappa shape index (κ1) is 15.2. The van der Waals surface area contributed by atoms with Crippen LogP contribution < -0.4 is 5.32 Å². The van der Waals surface area contributed by atoms with Gasteiger partial charge in [-0.05, 0) is 37.0 Å². The third kappa shape index (κ3) is 4.15. The molecule has 0 aliphatic heterocycles. The van der Waals surface area contributed by atoms with Gasteiger partial charge in [-0.1, -0.05) is 35.4 Å². The fraction of sp³-hybridized carbons (Fsp3) is 0.467. The lowest BCUT2D eigenvalue weighted by Crippen LogP contribution is -2.21. The van der Waals surface area contributed by atoms with Crippen molar-refractivity contribution in [1.82, 2.24) is 5.32 Å². The van der Waals surface area contributed by atoms with E-state index in [1.54, 1.807) is 12.1 Å². The molecule has 108 valence electrons. The summed E-state index contributed by atoms with van der Waals surface area (Å²) >= 11 is 3.28. The third-order valence-electron chi connectivity index (χ3n) is 3.44. The van der Waals surface area contributed by atoms with Crippen LogP contribution in [0.3, 0.4) is 0 Å². The predicted molar refractivity (Wildman–Crippen MR) is 84.6 cm³/mol. The second kappa shape index (κ2) is 6.50. The monoisotopic (exact) mass is 338 g/mol. The Morgan fingerprint density at radius 3 is 2.80 bits per heavy atom. The molecule has 1 aliphatic rings. The normalized spacial score (nSPS) is 15.7. The summed E-state index contributed by atoms with van der Waals surface area (Å²) in [6, 6.07) is 5.82. The highest BCUT2D eigenvalue weighted by atomic mass is 79.9. The van der Waals surface area contributed by atoms with Crippen LogP contribution in [0.1, 0.15) is 32.3 Å². The highest BCUT2D eigenvalue weighted by molar-refractivity contribution is 9.10. The zero-order chi connectivity index (χ0) is 14.7. The predicted octanol–water partition coefficient (Wildman–Crippen LogP) is 4.15. The topological polar surface area (TPSA) is 55.2 Å². The fourth-order valence-electron chi connectivity index (χ4n) is 1.97. The molecular weight excluding hydrogens is 320 g/mol. The summed E-state index contributed by atoms with van der Waals surface area (Å²) in [7, 11) is 0. The zero-order valence-electron chi connectivity index (χ0n) is 11.7. The number of nitrogens with zero attached hydrogens (tertiary/aromatic N) is 1. The van der Waals surface area contributed by atoms with Crippen LogP contribution in [0.15, 0.2) is 28.2 Å². The third-order valence-corrected chi connectivity index (χ3v) is 3.94. The van der Waals surface area contributed by atoms with Crippen molar-refractivity contribution >= 4 is 27.7 Å². The van der Waals surface area contributed by atoms with Gasteiger partial charge in [0.25, 0.3) is 5.69 Å². The Hall–Kier alpha value is -1.20. The second-order valence-corrected chi connectivity index (χ2v) is 6.41. The first-order valence-corrected chi connectivity index (χ1v) is 7.64. The molecule has 1 saturated carbocycles. The molecule has 0 aromatic heterocycles. The molecule has 0 atom stereocenters. The number of rotatable bonds is 6. The average Bonchev–Trinajstić information content (AvgIpc) is 3.19. The van der Waals surface area contributed by atoms with Gasteiger partial charge in [0.1, 0.15) is 0 Å². The van der Waals surface area contributed by atoms with E-state index in [-0.39, 0.29) is 10.6 Å². The lowest BCUT2D eigenvalue weighted by molar-refractivity contribution is -0.385. The Kier molecular flexibility index (Phi) is 4.94. The number of hydrogen-bond donors (Lipinski definition) is 1. The van der Waals surface area contributed by atoms with E-state index >= 15 is 0 Å². The number of benzene rings is 1. The van der Waals surface area contributed by atoms with Crippen LogP contribution in [0.2, 0.25) is 0 Å². The molecule has 0 radical (unpaired) electrons. The van der Waals surface area contributed by atoms with Crippen molar-refractivity contribution < 1.29 is 4.92 Å². The summed E-state index contributed by atoms with van der Waals surface area (Å²) in [5.41, 5.74) is 2.01. The molecule has 1 aliphatic carbocycles. The van der Waals surface area contributed by atoms with Crippen molar-refractivity contribution in [2.75, 3.05) is 6.54 Å². The maximum atomic E-state index is 11.1. The Morgan fingerprint density at radius 1 is 1.55 bits per heavy atom. The van der Waals surface area contributed by atoms with Gasteiger partial charge in [-0.25, -0.2) is 0 Å². The molecule has 0 saturated heterocycles. The molecule has 2 rings (SSSR count). The molecule has 1 aromatic carbocycles. The van der Waals surface area contributed by atoms with Gasteiger partial charge in [-0.3, -0.25) is 10.1 Å². The molecule has 0 amide bonds. The van der Waals surface area contributed by atoms with Crippen molar-refractivity contribution in [2.24, 2.45) is 5.92 Å². The first-order chi connectivity index (χ1) is 9.47. The van der Waals surface area contributed by atoms with Crippen molar-refractivity contribution in [3.05, 3.63) is 43.9 Å². The molecule has 1 aromatic rings. The highest BCUT2D eigenvalue weighted by Gasteiger charge is 2.21. The molecule has 0 bridgehead atoms. The van der Waals surface area contributed by atoms with E-state index in [0.29, 0.717) is 17.5 Å². The molecule has 0 spiro atoms. The van der Waals surface area contributed by atoms with Crippen LogP contribution in [0, 0.1) is 16.0 Å². The van der Waals surface area contributed by atoms with E-state index in [1.165, 1.54) is 18.4 Å². The van der Waals surface area contributed by atoms with Crippen LogP contribution in [-0.2, 0) is 0 Å².